The van der Waals surface area contributed by atoms with Crippen molar-refractivity contribution in [2.45, 2.75) is 13.8 Å². The van der Waals surface area contributed by atoms with Gasteiger partial charge in [-0.25, -0.2) is 0 Å². The van der Waals surface area contributed by atoms with Crippen LogP contribution in [0.2, 0.25) is 0 Å². The van der Waals surface area contributed by atoms with Crippen molar-refractivity contribution in [2.24, 2.45) is 11.8 Å². The second kappa shape index (κ2) is 5.42. The van der Waals surface area contributed by atoms with Gasteiger partial charge in [0.1, 0.15) is 6.29 Å². The summed E-state index contributed by atoms with van der Waals surface area (Å²) in [6.45, 7) is 3.57. The number of carbonyl (C=O) groups is 2. The van der Waals surface area contributed by atoms with Crippen LogP contribution in [-0.2, 0) is 9.59 Å². The molecule has 4 heteroatoms. The Bertz CT molecular complexity index is 244. The first kappa shape index (κ1) is 12.7. The van der Waals surface area contributed by atoms with E-state index in [9.17, 15) is 9.59 Å². The van der Waals surface area contributed by atoms with Crippen LogP contribution in [0.3, 0.4) is 0 Å². The molecule has 1 unspecified atom stereocenters. The molecular weight excluding hydrogens is 182 g/mol. The molecule has 0 amide bonds. The van der Waals surface area contributed by atoms with Crippen LogP contribution in [0, 0.1) is 11.8 Å². The monoisotopic (exact) mass is 199 g/mol. The minimum atomic E-state index is -0.958. The summed E-state index contributed by atoms with van der Waals surface area (Å²) in [5.41, 5.74) is 0.303. The van der Waals surface area contributed by atoms with Crippen molar-refractivity contribution in [2.75, 3.05) is 14.1 Å². The van der Waals surface area contributed by atoms with E-state index in [4.69, 9.17) is 5.11 Å². The number of hydrogen-bond acceptors (Lipinski definition) is 3. The molecule has 0 saturated carbocycles. The number of aldehydes is 1. The third-order valence-corrected chi connectivity index (χ3v) is 1.84. The van der Waals surface area contributed by atoms with Crippen molar-refractivity contribution in [3.8, 4) is 0 Å². The lowest BCUT2D eigenvalue weighted by atomic mass is 9.89. The maximum atomic E-state index is 10.9. The molecule has 0 aliphatic heterocycles. The molecule has 1 atom stereocenters. The van der Waals surface area contributed by atoms with Crippen LogP contribution in [0.5, 0.6) is 0 Å². The molecule has 0 saturated heterocycles. The third-order valence-electron chi connectivity index (χ3n) is 1.84. The molecule has 0 aromatic heterocycles. The van der Waals surface area contributed by atoms with Gasteiger partial charge in [-0.3, -0.25) is 9.59 Å². The van der Waals surface area contributed by atoms with Crippen LogP contribution in [0.25, 0.3) is 0 Å². The Balaban J connectivity index is 4.95. The summed E-state index contributed by atoms with van der Waals surface area (Å²) in [4.78, 5) is 23.3. The number of carboxylic acids is 1. The number of carbonyl (C=O) groups excluding carboxylic acids is 1. The number of nitrogens with zero attached hydrogens (tertiary/aromatic N) is 1. The zero-order valence-corrected chi connectivity index (χ0v) is 9.02. The van der Waals surface area contributed by atoms with Crippen molar-refractivity contribution >= 4 is 12.3 Å². The van der Waals surface area contributed by atoms with Gasteiger partial charge in [0.2, 0.25) is 0 Å². The van der Waals surface area contributed by atoms with E-state index in [0.717, 1.165) is 0 Å². The minimum absolute atomic E-state index is 0.0936. The summed E-state index contributed by atoms with van der Waals surface area (Å²) in [7, 11) is 3.51. The summed E-state index contributed by atoms with van der Waals surface area (Å²) >= 11 is 0. The molecule has 1 N–H and O–H groups in total. The Hall–Kier alpha value is -1.32. The van der Waals surface area contributed by atoms with Gasteiger partial charge in [0.05, 0.1) is 5.92 Å². The van der Waals surface area contributed by atoms with Gasteiger partial charge in [0.25, 0.3) is 0 Å². The van der Waals surface area contributed by atoms with E-state index in [0.29, 0.717) is 11.9 Å². The fourth-order valence-electron chi connectivity index (χ4n) is 1.29. The highest BCUT2D eigenvalue weighted by Crippen LogP contribution is 2.19. The molecule has 0 aromatic rings. The fraction of sp³-hybridized carbons (Fsp3) is 0.600. The molecule has 0 aromatic carbocycles. The van der Waals surface area contributed by atoms with Gasteiger partial charge in [-0.15, -0.1) is 0 Å². The Labute approximate surface area is 84.2 Å². The molecule has 80 valence electrons. The van der Waals surface area contributed by atoms with E-state index in [1.807, 2.05) is 0 Å². The Kier molecular flexibility index (Phi) is 4.91. The highest BCUT2D eigenvalue weighted by molar-refractivity contribution is 5.86. The molecule has 0 spiro atoms. The predicted octanol–water partition coefficient (Wildman–Crippen LogP) is 0.988. The average Bonchev–Trinajstić information content (AvgIpc) is 2.00. The van der Waals surface area contributed by atoms with Crippen molar-refractivity contribution in [1.29, 1.82) is 0 Å². The third kappa shape index (κ3) is 3.60. The SMILES string of the molecule is CC(C)C(C(=O)O)/C(C=O)=C/N(C)C. The fourth-order valence-corrected chi connectivity index (χ4v) is 1.29. The number of hydrogen-bond donors (Lipinski definition) is 1. The first-order valence-corrected chi connectivity index (χ1v) is 4.46. The number of rotatable bonds is 5. The largest absolute Gasteiger partial charge is 0.481 e. The summed E-state index contributed by atoms with van der Waals surface area (Å²) in [5, 5.41) is 8.94. The molecule has 0 fully saturated rings. The molecule has 0 aliphatic carbocycles. The lowest BCUT2D eigenvalue weighted by Crippen LogP contribution is -2.24. The van der Waals surface area contributed by atoms with Crippen LogP contribution in [0.1, 0.15) is 13.8 Å². The lowest BCUT2D eigenvalue weighted by Gasteiger charge is -2.17. The summed E-state index contributed by atoms with van der Waals surface area (Å²) in [6, 6.07) is 0. The minimum Gasteiger partial charge on any atom is -0.481 e. The lowest BCUT2D eigenvalue weighted by molar-refractivity contribution is -0.142. The first-order valence-electron chi connectivity index (χ1n) is 4.46. The number of carboxylic acid groups (broad SMARTS) is 1. The van der Waals surface area contributed by atoms with E-state index in [1.54, 1.807) is 39.0 Å². The predicted molar refractivity (Wildman–Crippen MR) is 53.8 cm³/mol. The average molecular weight is 199 g/mol. The Morgan fingerprint density at radius 3 is 2.07 bits per heavy atom. The Morgan fingerprint density at radius 1 is 1.36 bits per heavy atom. The molecule has 0 heterocycles. The second-order valence-corrected chi connectivity index (χ2v) is 3.77. The molecule has 0 aliphatic rings. The van der Waals surface area contributed by atoms with Gasteiger partial charge in [-0.1, -0.05) is 13.8 Å². The maximum Gasteiger partial charge on any atom is 0.311 e. The standard InChI is InChI=1S/C10H17NO3/c1-7(2)9(10(13)14)8(6-12)5-11(3)4/h5-7,9H,1-4H3,(H,13,14)/b8-5+. The molecule has 4 nitrogen and oxygen atoms in total. The van der Waals surface area contributed by atoms with Crippen LogP contribution < -0.4 is 0 Å². The smallest absolute Gasteiger partial charge is 0.311 e. The van der Waals surface area contributed by atoms with Gasteiger partial charge >= 0.3 is 5.97 Å². The quantitative estimate of drug-likeness (QED) is 0.530. The van der Waals surface area contributed by atoms with Crippen LogP contribution >= 0.6 is 0 Å². The molecular formula is C10H17NO3. The van der Waals surface area contributed by atoms with Crippen LogP contribution in [0.4, 0.5) is 0 Å². The summed E-state index contributed by atoms with van der Waals surface area (Å²) < 4.78 is 0. The summed E-state index contributed by atoms with van der Waals surface area (Å²) in [5.74, 6) is -1.78. The zero-order chi connectivity index (χ0) is 11.3. The van der Waals surface area contributed by atoms with Crippen molar-refractivity contribution in [1.82, 2.24) is 4.90 Å². The van der Waals surface area contributed by atoms with Crippen LogP contribution in [-0.4, -0.2) is 36.4 Å². The van der Waals surface area contributed by atoms with E-state index in [-0.39, 0.29) is 5.92 Å². The molecule has 0 rings (SSSR count). The Morgan fingerprint density at radius 2 is 1.86 bits per heavy atom. The molecule has 14 heavy (non-hydrogen) atoms. The highest BCUT2D eigenvalue weighted by Gasteiger charge is 2.25. The second-order valence-electron chi connectivity index (χ2n) is 3.77. The first-order chi connectivity index (χ1) is 6.40. The van der Waals surface area contributed by atoms with E-state index in [2.05, 4.69) is 0 Å². The van der Waals surface area contributed by atoms with Gasteiger partial charge in [-0.05, 0) is 5.92 Å². The van der Waals surface area contributed by atoms with Crippen LogP contribution in [0.15, 0.2) is 11.8 Å². The summed E-state index contributed by atoms with van der Waals surface area (Å²) in [6.07, 6.45) is 2.16. The number of aliphatic carboxylic acids is 1. The van der Waals surface area contributed by atoms with Crippen molar-refractivity contribution < 1.29 is 14.7 Å². The zero-order valence-electron chi connectivity index (χ0n) is 9.02. The molecule has 0 radical (unpaired) electrons. The van der Waals surface area contributed by atoms with Crippen molar-refractivity contribution in [3.63, 3.8) is 0 Å². The van der Waals surface area contributed by atoms with Gasteiger partial charge in [-0.2, -0.15) is 0 Å². The normalized spacial score (nSPS) is 13.9. The van der Waals surface area contributed by atoms with Gasteiger partial charge in [0.15, 0.2) is 0 Å². The van der Waals surface area contributed by atoms with Crippen molar-refractivity contribution in [3.05, 3.63) is 11.8 Å². The molecule has 0 bridgehead atoms. The highest BCUT2D eigenvalue weighted by atomic mass is 16.4. The topological polar surface area (TPSA) is 57.6 Å². The maximum absolute atomic E-state index is 10.9. The van der Waals surface area contributed by atoms with E-state index < -0.39 is 11.9 Å². The van der Waals surface area contributed by atoms with Gasteiger partial charge in [0, 0.05) is 25.9 Å². The van der Waals surface area contributed by atoms with Gasteiger partial charge < -0.3 is 10.0 Å². The van der Waals surface area contributed by atoms with E-state index in [1.165, 1.54) is 0 Å². The van der Waals surface area contributed by atoms with E-state index >= 15 is 0 Å².